The number of nitrogens with one attached hydrogen (secondary N) is 1. The lowest BCUT2D eigenvalue weighted by molar-refractivity contribution is 0.0452. The van der Waals surface area contributed by atoms with Crippen LogP contribution in [0.3, 0.4) is 0 Å². The zero-order valence-electron chi connectivity index (χ0n) is 14.1. The molecule has 2 aromatic rings. The molecule has 1 aliphatic rings. The van der Waals surface area contributed by atoms with E-state index < -0.39 is 17.3 Å². The molecule has 0 bridgehead atoms. The predicted octanol–water partition coefficient (Wildman–Crippen LogP) is 3.93. The summed E-state index contributed by atoms with van der Waals surface area (Å²) in [5, 5.41) is 14.2. The van der Waals surface area contributed by atoms with Crippen LogP contribution in [0.15, 0.2) is 48.5 Å². The fourth-order valence-corrected chi connectivity index (χ4v) is 3.34. The van der Waals surface area contributed by atoms with Gasteiger partial charge in [-0.1, -0.05) is 41.6 Å². The maximum atomic E-state index is 13.7. The van der Waals surface area contributed by atoms with Crippen LogP contribution < -0.4 is 5.32 Å². The quantitative estimate of drug-likeness (QED) is 0.786. The van der Waals surface area contributed by atoms with Gasteiger partial charge in [-0.2, -0.15) is 0 Å². The van der Waals surface area contributed by atoms with Crippen LogP contribution in [-0.2, 0) is 0 Å². The molecule has 2 aromatic carbocycles. The van der Waals surface area contributed by atoms with Crippen molar-refractivity contribution >= 4 is 17.5 Å². The minimum absolute atomic E-state index is 0.00613. The Balaban J connectivity index is 1.69. The van der Waals surface area contributed by atoms with E-state index in [2.05, 4.69) is 17.2 Å². The summed E-state index contributed by atoms with van der Waals surface area (Å²) in [5.74, 6) is 4.84. The van der Waals surface area contributed by atoms with E-state index in [0.29, 0.717) is 17.9 Å². The summed E-state index contributed by atoms with van der Waals surface area (Å²) in [4.78, 5) is 12.3. The highest BCUT2D eigenvalue weighted by atomic mass is 35.5. The summed E-state index contributed by atoms with van der Waals surface area (Å²) in [6, 6.07) is 12.7. The fourth-order valence-electron chi connectivity index (χ4n) is 3.15. The third-order valence-corrected chi connectivity index (χ3v) is 4.68. The average molecular weight is 372 g/mol. The van der Waals surface area contributed by atoms with Gasteiger partial charge in [0.05, 0.1) is 5.56 Å². The molecule has 0 saturated heterocycles. The van der Waals surface area contributed by atoms with E-state index in [-0.39, 0.29) is 11.6 Å². The third-order valence-electron chi connectivity index (χ3n) is 4.44. The Morgan fingerprint density at radius 2 is 2.08 bits per heavy atom. The lowest BCUT2D eigenvalue weighted by atomic mass is 9.82. The van der Waals surface area contributed by atoms with Crippen LogP contribution in [0.4, 0.5) is 4.39 Å². The summed E-state index contributed by atoms with van der Waals surface area (Å²) < 4.78 is 13.7. The topological polar surface area (TPSA) is 49.3 Å². The van der Waals surface area contributed by atoms with Gasteiger partial charge in [0.2, 0.25) is 0 Å². The maximum absolute atomic E-state index is 13.7. The second-order valence-electron chi connectivity index (χ2n) is 6.54. The average Bonchev–Trinajstić information content (AvgIpc) is 2.61. The second-order valence-corrected chi connectivity index (χ2v) is 6.97. The second kappa shape index (κ2) is 7.90. The predicted molar refractivity (Wildman–Crippen MR) is 99.4 cm³/mol. The SMILES string of the molecule is O=C(N[C@H]1CCC[C@@](O)(C#Cc2cccc(Cl)c2)C1)c1ccccc1F. The van der Waals surface area contributed by atoms with Crippen LogP contribution in [0, 0.1) is 17.7 Å². The van der Waals surface area contributed by atoms with Gasteiger partial charge in [0.1, 0.15) is 11.4 Å². The van der Waals surface area contributed by atoms with Crippen molar-refractivity contribution in [2.45, 2.75) is 37.3 Å². The molecule has 2 N–H and O–H groups in total. The highest BCUT2D eigenvalue weighted by Gasteiger charge is 2.33. The number of carbonyl (C=O) groups excluding carboxylic acids is 1. The lowest BCUT2D eigenvalue weighted by Gasteiger charge is -2.33. The highest BCUT2D eigenvalue weighted by Crippen LogP contribution is 2.28. The van der Waals surface area contributed by atoms with Crippen LogP contribution in [0.1, 0.15) is 41.6 Å². The van der Waals surface area contributed by atoms with Crippen molar-refractivity contribution in [2.24, 2.45) is 0 Å². The first-order valence-electron chi connectivity index (χ1n) is 8.52. The normalized spacial score (nSPS) is 22.2. The molecule has 26 heavy (non-hydrogen) atoms. The molecule has 5 heteroatoms. The monoisotopic (exact) mass is 371 g/mol. The number of amides is 1. The standard InChI is InChI=1S/C21H19ClFNO2/c22-16-6-3-5-15(13-16)10-12-21(26)11-4-7-17(14-21)24-20(25)18-8-1-2-9-19(18)23/h1-3,5-6,8-9,13,17,26H,4,7,11,14H2,(H,24,25)/t17-,21+/m0/s1. The van der Waals surface area contributed by atoms with Crippen molar-refractivity contribution in [1.82, 2.24) is 5.32 Å². The van der Waals surface area contributed by atoms with Gasteiger partial charge in [0.25, 0.3) is 5.91 Å². The van der Waals surface area contributed by atoms with E-state index in [1.807, 2.05) is 6.07 Å². The minimum Gasteiger partial charge on any atom is -0.378 e. The first-order valence-corrected chi connectivity index (χ1v) is 8.89. The van der Waals surface area contributed by atoms with E-state index in [4.69, 9.17) is 11.6 Å². The summed E-state index contributed by atoms with van der Waals surface area (Å²) in [5.41, 5.74) is -0.455. The van der Waals surface area contributed by atoms with E-state index in [9.17, 15) is 14.3 Å². The molecule has 134 valence electrons. The van der Waals surface area contributed by atoms with Crippen molar-refractivity contribution in [1.29, 1.82) is 0 Å². The van der Waals surface area contributed by atoms with Crippen molar-refractivity contribution in [3.63, 3.8) is 0 Å². The summed E-state index contributed by atoms with van der Waals surface area (Å²) in [6.45, 7) is 0. The van der Waals surface area contributed by atoms with Crippen molar-refractivity contribution < 1.29 is 14.3 Å². The molecule has 0 aliphatic heterocycles. The van der Waals surface area contributed by atoms with Crippen LogP contribution in [-0.4, -0.2) is 22.7 Å². The first kappa shape index (κ1) is 18.4. The van der Waals surface area contributed by atoms with E-state index >= 15 is 0 Å². The zero-order chi connectivity index (χ0) is 18.6. The Morgan fingerprint density at radius 1 is 1.27 bits per heavy atom. The number of rotatable bonds is 2. The number of hydrogen-bond donors (Lipinski definition) is 2. The molecule has 0 spiro atoms. The number of benzene rings is 2. The van der Waals surface area contributed by atoms with Crippen molar-refractivity contribution in [3.8, 4) is 11.8 Å². The van der Waals surface area contributed by atoms with E-state index in [1.54, 1.807) is 24.3 Å². The summed E-state index contributed by atoms with van der Waals surface area (Å²) >= 11 is 5.94. The number of hydrogen-bond acceptors (Lipinski definition) is 2. The molecule has 0 heterocycles. The molecule has 0 aromatic heterocycles. The Bertz CT molecular complexity index is 874. The van der Waals surface area contributed by atoms with E-state index in [0.717, 1.165) is 18.4 Å². The van der Waals surface area contributed by atoms with Gasteiger partial charge in [0, 0.05) is 23.0 Å². The number of carbonyl (C=O) groups is 1. The van der Waals surface area contributed by atoms with Gasteiger partial charge in [-0.25, -0.2) is 4.39 Å². The molecule has 3 nitrogen and oxygen atoms in total. The molecular formula is C21H19ClFNO2. The van der Waals surface area contributed by atoms with Gasteiger partial charge in [0.15, 0.2) is 0 Å². The Morgan fingerprint density at radius 3 is 2.85 bits per heavy atom. The molecule has 1 fully saturated rings. The molecule has 1 amide bonds. The fraction of sp³-hybridized carbons (Fsp3) is 0.286. The molecule has 3 rings (SSSR count). The molecule has 0 radical (unpaired) electrons. The minimum atomic E-state index is -1.19. The molecular weight excluding hydrogens is 353 g/mol. The molecule has 1 aliphatic carbocycles. The Hall–Kier alpha value is -2.35. The molecule has 0 unspecified atom stereocenters. The third kappa shape index (κ3) is 4.63. The largest absolute Gasteiger partial charge is 0.378 e. The van der Waals surface area contributed by atoms with Crippen molar-refractivity contribution in [3.05, 3.63) is 70.5 Å². The Labute approximate surface area is 157 Å². The van der Waals surface area contributed by atoms with Crippen LogP contribution in [0.5, 0.6) is 0 Å². The maximum Gasteiger partial charge on any atom is 0.254 e. The van der Waals surface area contributed by atoms with Crippen LogP contribution in [0.2, 0.25) is 5.02 Å². The number of aliphatic hydroxyl groups is 1. The van der Waals surface area contributed by atoms with Gasteiger partial charge in [-0.05, 0) is 49.6 Å². The zero-order valence-corrected chi connectivity index (χ0v) is 14.9. The first-order chi connectivity index (χ1) is 12.5. The summed E-state index contributed by atoms with van der Waals surface area (Å²) in [6.07, 6.45) is 2.29. The molecule has 2 atom stereocenters. The number of halogens is 2. The lowest BCUT2D eigenvalue weighted by Crippen LogP contribution is -2.45. The summed E-state index contributed by atoms with van der Waals surface area (Å²) in [7, 11) is 0. The van der Waals surface area contributed by atoms with Crippen LogP contribution in [0.25, 0.3) is 0 Å². The van der Waals surface area contributed by atoms with E-state index in [1.165, 1.54) is 18.2 Å². The smallest absolute Gasteiger partial charge is 0.254 e. The highest BCUT2D eigenvalue weighted by molar-refractivity contribution is 6.30. The van der Waals surface area contributed by atoms with Crippen LogP contribution >= 0.6 is 11.6 Å². The Kier molecular flexibility index (Phi) is 5.61. The van der Waals surface area contributed by atoms with Gasteiger partial charge >= 0.3 is 0 Å². The van der Waals surface area contributed by atoms with Gasteiger partial charge < -0.3 is 10.4 Å². The van der Waals surface area contributed by atoms with Gasteiger partial charge in [-0.15, -0.1) is 0 Å². The molecule has 1 saturated carbocycles. The van der Waals surface area contributed by atoms with Crippen molar-refractivity contribution in [2.75, 3.05) is 0 Å². The van der Waals surface area contributed by atoms with Gasteiger partial charge in [-0.3, -0.25) is 4.79 Å².